The monoisotopic (exact) mass is 614 g/mol. The van der Waals surface area contributed by atoms with Crippen molar-refractivity contribution < 1.29 is 52.4 Å². The van der Waals surface area contributed by atoms with Crippen molar-refractivity contribution in [3.05, 3.63) is 53.9 Å². The summed E-state index contributed by atoms with van der Waals surface area (Å²) < 4.78 is 32.3. The Kier molecular flexibility index (Phi) is 12.1. The van der Waals surface area contributed by atoms with E-state index in [1.807, 2.05) is 19.9 Å². The molecule has 13 nitrogen and oxygen atoms in total. The van der Waals surface area contributed by atoms with Crippen LogP contribution in [0.15, 0.2) is 42.6 Å². The zero-order valence-electron chi connectivity index (χ0n) is 25.6. The van der Waals surface area contributed by atoms with E-state index in [-0.39, 0.29) is 30.4 Å². The van der Waals surface area contributed by atoms with Crippen molar-refractivity contribution in [2.45, 2.75) is 59.3 Å². The number of hydrogen-bond acceptors (Lipinski definition) is 12. The predicted molar refractivity (Wildman–Crippen MR) is 154 cm³/mol. The number of aromatic nitrogens is 1. The molecule has 4 atom stereocenters. The number of rotatable bonds is 10. The fraction of sp³-hybridized carbons (Fsp3) is 0.484. The molecule has 1 amide bonds. The van der Waals surface area contributed by atoms with Crippen LogP contribution in [0.1, 0.15) is 50.7 Å². The lowest BCUT2D eigenvalue weighted by molar-refractivity contribution is -0.176. The maximum atomic E-state index is 13.4. The van der Waals surface area contributed by atoms with E-state index in [0.29, 0.717) is 0 Å². The summed E-state index contributed by atoms with van der Waals surface area (Å²) in [5.41, 5.74) is 0.370. The van der Waals surface area contributed by atoms with Gasteiger partial charge in [-0.2, -0.15) is 0 Å². The molecule has 2 unspecified atom stereocenters. The number of esters is 3. The lowest BCUT2D eigenvalue weighted by atomic mass is 9.91. The second-order valence-electron chi connectivity index (χ2n) is 10.9. The molecule has 0 radical (unpaired) electrons. The SMILES string of the molecule is COc1ccnc(C(=O)NC2COC(=O)[C@H](Cc3ccccc3)C(OC(=O)C(C)C)[C@H](C)OC2=O)c1OC(=O)OCC(C)C. The molecular weight excluding hydrogens is 576 g/mol. The number of hydrogen-bond donors (Lipinski definition) is 1. The molecule has 13 heteroatoms. The van der Waals surface area contributed by atoms with Crippen LogP contribution in [0.5, 0.6) is 11.5 Å². The van der Waals surface area contributed by atoms with Gasteiger partial charge in [-0.3, -0.25) is 14.4 Å². The average molecular weight is 615 g/mol. The summed E-state index contributed by atoms with van der Waals surface area (Å²) in [6.45, 7) is 7.91. The number of nitrogens with zero attached hydrogens (tertiary/aromatic N) is 1. The third-order valence-electron chi connectivity index (χ3n) is 6.49. The summed E-state index contributed by atoms with van der Waals surface area (Å²) >= 11 is 0. The van der Waals surface area contributed by atoms with Crippen molar-refractivity contribution >= 4 is 30.0 Å². The Bertz CT molecular complexity index is 1330. The number of ether oxygens (including phenoxy) is 6. The Morgan fingerprint density at radius 3 is 2.39 bits per heavy atom. The number of nitrogens with one attached hydrogen (secondary N) is 1. The quantitative estimate of drug-likeness (QED) is 0.307. The molecule has 1 fully saturated rings. The van der Waals surface area contributed by atoms with Gasteiger partial charge in [0, 0.05) is 12.3 Å². The maximum absolute atomic E-state index is 13.4. The molecule has 1 N–H and O–H groups in total. The molecule has 1 aliphatic rings. The van der Waals surface area contributed by atoms with Crippen molar-refractivity contribution in [3.8, 4) is 11.5 Å². The van der Waals surface area contributed by atoms with Crippen LogP contribution < -0.4 is 14.8 Å². The van der Waals surface area contributed by atoms with E-state index in [9.17, 15) is 24.0 Å². The Labute approximate surface area is 255 Å². The van der Waals surface area contributed by atoms with Gasteiger partial charge in [0.1, 0.15) is 18.6 Å². The first-order valence-corrected chi connectivity index (χ1v) is 14.2. The highest BCUT2D eigenvalue weighted by Crippen LogP contribution is 2.30. The zero-order chi connectivity index (χ0) is 32.4. The molecule has 1 aliphatic heterocycles. The second kappa shape index (κ2) is 15.7. The van der Waals surface area contributed by atoms with Crippen LogP contribution in [-0.2, 0) is 39.8 Å². The molecule has 1 aromatic heterocycles. The predicted octanol–water partition coefficient (Wildman–Crippen LogP) is 3.28. The number of carbonyl (C=O) groups excluding carboxylic acids is 5. The highest BCUT2D eigenvalue weighted by molar-refractivity contribution is 5.98. The van der Waals surface area contributed by atoms with Gasteiger partial charge in [-0.1, -0.05) is 58.0 Å². The largest absolute Gasteiger partial charge is 0.514 e. The second-order valence-corrected chi connectivity index (χ2v) is 10.9. The first kappa shape index (κ1) is 33.8. The van der Waals surface area contributed by atoms with Crippen LogP contribution in [0.3, 0.4) is 0 Å². The topological polar surface area (TPSA) is 166 Å². The molecule has 0 saturated carbocycles. The van der Waals surface area contributed by atoms with Crippen LogP contribution in [0.25, 0.3) is 0 Å². The van der Waals surface area contributed by atoms with Crippen LogP contribution in [0, 0.1) is 17.8 Å². The van der Waals surface area contributed by atoms with Gasteiger partial charge in [0.05, 0.1) is 19.6 Å². The van der Waals surface area contributed by atoms with E-state index in [4.69, 9.17) is 28.4 Å². The first-order chi connectivity index (χ1) is 20.9. The van der Waals surface area contributed by atoms with Crippen molar-refractivity contribution in [2.75, 3.05) is 20.3 Å². The number of cyclic esters (lactones) is 2. The minimum atomic E-state index is -1.49. The van der Waals surface area contributed by atoms with E-state index in [0.717, 1.165) is 5.56 Å². The highest BCUT2D eigenvalue weighted by atomic mass is 16.7. The van der Waals surface area contributed by atoms with Gasteiger partial charge < -0.3 is 33.7 Å². The minimum Gasteiger partial charge on any atom is -0.493 e. The highest BCUT2D eigenvalue weighted by Gasteiger charge is 2.42. The smallest absolute Gasteiger partial charge is 0.493 e. The van der Waals surface area contributed by atoms with Crippen LogP contribution >= 0.6 is 0 Å². The number of methoxy groups -OCH3 is 1. The Morgan fingerprint density at radius 2 is 1.75 bits per heavy atom. The van der Waals surface area contributed by atoms with Crippen molar-refractivity contribution in [2.24, 2.45) is 17.8 Å². The Balaban J connectivity index is 1.87. The number of benzene rings is 1. The Hall–Kier alpha value is -4.68. The molecule has 0 bridgehead atoms. The van der Waals surface area contributed by atoms with E-state index in [1.54, 1.807) is 38.1 Å². The van der Waals surface area contributed by atoms with E-state index in [2.05, 4.69) is 10.3 Å². The van der Waals surface area contributed by atoms with Gasteiger partial charge in [-0.15, -0.1) is 0 Å². The maximum Gasteiger partial charge on any atom is 0.514 e. The molecular formula is C31H38N2O11. The van der Waals surface area contributed by atoms with E-state index in [1.165, 1.54) is 26.3 Å². The van der Waals surface area contributed by atoms with Gasteiger partial charge in [0.15, 0.2) is 23.6 Å². The normalized spacial score (nSPS) is 20.4. The molecule has 2 heterocycles. The van der Waals surface area contributed by atoms with E-state index < -0.39 is 72.4 Å². The number of carbonyl (C=O) groups is 5. The molecule has 0 spiro atoms. The third-order valence-corrected chi connectivity index (χ3v) is 6.49. The van der Waals surface area contributed by atoms with Gasteiger partial charge >= 0.3 is 24.1 Å². The molecule has 1 saturated heterocycles. The average Bonchev–Trinajstić information content (AvgIpc) is 3.02. The number of pyridine rings is 1. The zero-order valence-corrected chi connectivity index (χ0v) is 25.6. The fourth-order valence-corrected chi connectivity index (χ4v) is 4.18. The molecule has 3 rings (SSSR count). The van der Waals surface area contributed by atoms with Gasteiger partial charge in [-0.05, 0) is 24.8 Å². The summed E-state index contributed by atoms with van der Waals surface area (Å²) in [5.74, 6) is -5.09. The summed E-state index contributed by atoms with van der Waals surface area (Å²) in [6.07, 6.45) is -1.97. The number of amides is 1. The van der Waals surface area contributed by atoms with Crippen LogP contribution in [0.4, 0.5) is 4.79 Å². The van der Waals surface area contributed by atoms with Crippen molar-refractivity contribution in [1.29, 1.82) is 0 Å². The molecule has 0 aliphatic carbocycles. The lowest BCUT2D eigenvalue weighted by Gasteiger charge is -2.29. The summed E-state index contributed by atoms with van der Waals surface area (Å²) in [5, 5.41) is 2.43. The summed E-state index contributed by atoms with van der Waals surface area (Å²) in [4.78, 5) is 68.9. The van der Waals surface area contributed by atoms with Crippen molar-refractivity contribution in [1.82, 2.24) is 10.3 Å². The van der Waals surface area contributed by atoms with Gasteiger partial charge in [-0.25, -0.2) is 14.6 Å². The lowest BCUT2D eigenvalue weighted by Crippen LogP contribution is -2.47. The Morgan fingerprint density at radius 1 is 1.05 bits per heavy atom. The molecule has 238 valence electrons. The van der Waals surface area contributed by atoms with Crippen molar-refractivity contribution in [3.63, 3.8) is 0 Å². The summed E-state index contributed by atoms with van der Waals surface area (Å²) in [6, 6.07) is 8.91. The fourth-order valence-electron chi connectivity index (χ4n) is 4.18. The van der Waals surface area contributed by atoms with E-state index >= 15 is 0 Å². The molecule has 44 heavy (non-hydrogen) atoms. The third kappa shape index (κ3) is 9.16. The summed E-state index contributed by atoms with van der Waals surface area (Å²) in [7, 11) is 1.30. The van der Waals surface area contributed by atoms with Gasteiger partial charge in [0.2, 0.25) is 5.75 Å². The van der Waals surface area contributed by atoms with Crippen LogP contribution in [0.2, 0.25) is 0 Å². The molecule has 1 aromatic carbocycles. The standard InChI is InChI=1S/C31H38N2O11/c1-17(2)15-41-31(38)44-26-23(39-6)12-13-32-24(26)27(34)33-22-16-40-29(36)21(14-20-10-8-7-9-11-20)25(19(5)42-30(22)37)43-28(35)18(3)4/h7-13,17-19,21-22,25H,14-16H2,1-6H3,(H,33,34)/t19-,21+,22?,25?/m0/s1. The van der Waals surface area contributed by atoms with Crippen LogP contribution in [-0.4, -0.2) is 73.5 Å². The molecule has 2 aromatic rings. The van der Waals surface area contributed by atoms with Gasteiger partial charge in [0.25, 0.3) is 5.91 Å². The first-order valence-electron chi connectivity index (χ1n) is 14.2. The minimum absolute atomic E-state index is 0.00213.